The molecule has 32 heavy (non-hydrogen) atoms. The number of carbonyl (C=O) groups excluding carboxylic acids is 1. The van der Waals surface area contributed by atoms with Crippen molar-refractivity contribution in [1.82, 2.24) is 9.55 Å². The number of anilines is 2. The number of hydrogen-bond donors (Lipinski definition) is 1. The average molecular weight is 445 g/mol. The van der Waals surface area contributed by atoms with Crippen LogP contribution in [0.2, 0.25) is 0 Å². The molecule has 3 heterocycles. The van der Waals surface area contributed by atoms with Gasteiger partial charge in [0.2, 0.25) is 11.9 Å². The van der Waals surface area contributed by atoms with Crippen LogP contribution in [0.25, 0.3) is 15.9 Å². The summed E-state index contributed by atoms with van der Waals surface area (Å²) in [7, 11) is 0. The number of aryl methyl sites for hydroxylation is 1. The number of rotatable bonds is 4. The highest BCUT2D eigenvalue weighted by molar-refractivity contribution is 7.17. The molecule has 1 saturated heterocycles. The maximum absolute atomic E-state index is 13.3. The normalized spacial score (nSPS) is 14.6. The fourth-order valence-corrected chi connectivity index (χ4v) is 4.91. The van der Waals surface area contributed by atoms with Crippen molar-refractivity contribution in [2.45, 2.75) is 19.8 Å². The van der Waals surface area contributed by atoms with Crippen molar-refractivity contribution in [3.63, 3.8) is 0 Å². The monoisotopic (exact) mass is 444 g/mol. The van der Waals surface area contributed by atoms with Gasteiger partial charge in [-0.05, 0) is 55.5 Å². The molecular formula is C25H24N4O2S. The van der Waals surface area contributed by atoms with Crippen molar-refractivity contribution in [3.05, 3.63) is 82.0 Å². The van der Waals surface area contributed by atoms with Crippen LogP contribution < -0.4 is 15.8 Å². The molecule has 1 aliphatic rings. The Kier molecular flexibility index (Phi) is 5.49. The second-order valence-corrected chi connectivity index (χ2v) is 9.06. The number of amides is 1. The summed E-state index contributed by atoms with van der Waals surface area (Å²) in [6.45, 7) is 3.36. The Balaban J connectivity index is 1.38. The maximum Gasteiger partial charge on any atom is 0.277 e. The maximum atomic E-state index is 13.3. The molecule has 0 bridgehead atoms. The van der Waals surface area contributed by atoms with Crippen LogP contribution in [0.1, 0.15) is 18.4 Å². The van der Waals surface area contributed by atoms with Gasteiger partial charge in [-0.3, -0.25) is 9.59 Å². The Bertz CT molecular complexity index is 1300. The van der Waals surface area contributed by atoms with Crippen LogP contribution in [0.3, 0.4) is 0 Å². The van der Waals surface area contributed by atoms with Crippen molar-refractivity contribution in [3.8, 4) is 5.69 Å². The number of benzene rings is 2. The van der Waals surface area contributed by atoms with Gasteiger partial charge >= 0.3 is 0 Å². The standard InChI is InChI=1S/C25H24N4O2S/c1-17-7-9-19(10-8-17)26-23(30)18-11-14-28(15-12-18)25-27-21-13-16-32-22(21)24(31)29(25)20-5-3-2-4-6-20/h2-10,13,16,18H,11-12,14-15H2,1H3,(H,26,30). The number of carbonyl (C=O) groups is 1. The van der Waals surface area contributed by atoms with Crippen molar-refractivity contribution in [2.75, 3.05) is 23.3 Å². The smallest absolute Gasteiger partial charge is 0.277 e. The lowest BCUT2D eigenvalue weighted by atomic mass is 9.96. The van der Waals surface area contributed by atoms with E-state index in [1.165, 1.54) is 11.3 Å². The highest BCUT2D eigenvalue weighted by atomic mass is 32.1. The van der Waals surface area contributed by atoms with Gasteiger partial charge in [0.25, 0.3) is 5.56 Å². The Hall–Kier alpha value is -3.45. The van der Waals surface area contributed by atoms with E-state index in [1.54, 1.807) is 4.57 Å². The van der Waals surface area contributed by atoms with E-state index in [0.29, 0.717) is 36.6 Å². The quantitative estimate of drug-likeness (QED) is 0.499. The topological polar surface area (TPSA) is 67.2 Å². The van der Waals surface area contributed by atoms with E-state index in [1.807, 2.05) is 73.0 Å². The number of nitrogens with zero attached hydrogens (tertiary/aromatic N) is 3. The molecule has 1 aliphatic heterocycles. The van der Waals surface area contributed by atoms with E-state index < -0.39 is 0 Å². The van der Waals surface area contributed by atoms with Gasteiger partial charge < -0.3 is 10.2 Å². The van der Waals surface area contributed by atoms with Crippen molar-refractivity contribution >= 4 is 39.1 Å². The molecule has 7 heteroatoms. The third-order valence-electron chi connectivity index (χ3n) is 5.94. The summed E-state index contributed by atoms with van der Waals surface area (Å²) in [5, 5.41) is 4.94. The Morgan fingerprint density at radius 1 is 1.03 bits per heavy atom. The Labute approximate surface area is 190 Å². The van der Waals surface area contributed by atoms with Crippen LogP contribution in [0.4, 0.5) is 11.6 Å². The largest absolute Gasteiger partial charge is 0.342 e. The minimum Gasteiger partial charge on any atom is -0.342 e. The van der Waals surface area contributed by atoms with Crippen molar-refractivity contribution in [2.24, 2.45) is 5.92 Å². The molecule has 0 unspecified atom stereocenters. The second kappa shape index (κ2) is 8.59. The summed E-state index contributed by atoms with van der Waals surface area (Å²) in [6, 6.07) is 19.4. The minimum atomic E-state index is -0.0608. The molecule has 162 valence electrons. The zero-order valence-electron chi connectivity index (χ0n) is 17.8. The van der Waals surface area contributed by atoms with Crippen LogP contribution in [0, 0.1) is 12.8 Å². The molecule has 5 rings (SSSR count). The van der Waals surface area contributed by atoms with Gasteiger partial charge in [-0.25, -0.2) is 9.55 Å². The highest BCUT2D eigenvalue weighted by Crippen LogP contribution is 2.27. The molecule has 0 aliphatic carbocycles. The summed E-state index contributed by atoms with van der Waals surface area (Å²) in [5.41, 5.74) is 3.46. The number of fused-ring (bicyclic) bond motifs is 1. The fraction of sp³-hybridized carbons (Fsp3) is 0.240. The number of aromatic nitrogens is 2. The molecule has 0 radical (unpaired) electrons. The van der Waals surface area contributed by atoms with Crippen LogP contribution in [0.15, 0.2) is 70.8 Å². The Morgan fingerprint density at radius 2 is 1.75 bits per heavy atom. The van der Waals surface area contributed by atoms with Gasteiger partial charge in [0.05, 0.1) is 11.2 Å². The lowest BCUT2D eigenvalue weighted by molar-refractivity contribution is -0.120. The predicted molar refractivity (Wildman–Crippen MR) is 130 cm³/mol. The minimum absolute atomic E-state index is 0.0505. The summed E-state index contributed by atoms with van der Waals surface area (Å²) < 4.78 is 2.36. The molecule has 0 atom stereocenters. The van der Waals surface area contributed by atoms with Gasteiger partial charge in [-0.2, -0.15) is 0 Å². The van der Waals surface area contributed by atoms with Gasteiger partial charge in [0.1, 0.15) is 4.70 Å². The lowest BCUT2D eigenvalue weighted by Gasteiger charge is -2.33. The number of nitrogens with one attached hydrogen (secondary N) is 1. The van der Waals surface area contributed by atoms with Gasteiger partial charge in [-0.15, -0.1) is 11.3 Å². The van der Waals surface area contributed by atoms with Gasteiger partial charge in [-0.1, -0.05) is 35.9 Å². The molecule has 0 spiro atoms. The van der Waals surface area contributed by atoms with Crippen molar-refractivity contribution in [1.29, 1.82) is 0 Å². The summed E-state index contributed by atoms with van der Waals surface area (Å²) in [4.78, 5) is 33.0. The molecule has 0 saturated carbocycles. The highest BCUT2D eigenvalue weighted by Gasteiger charge is 2.28. The molecule has 4 aromatic rings. The first-order valence-corrected chi connectivity index (χ1v) is 11.7. The van der Waals surface area contributed by atoms with Gasteiger partial charge in [0, 0.05) is 24.7 Å². The van der Waals surface area contributed by atoms with Crippen LogP contribution in [-0.4, -0.2) is 28.5 Å². The van der Waals surface area contributed by atoms with Crippen LogP contribution in [0.5, 0.6) is 0 Å². The third-order valence-corrected chi connectivity index (χ3v) is 6.84. The third kappa shape index (κ3) is 3.91. The predicted octanol–water partition coefficient (Wildman–Crippen LogP) is 4.61. The van der Waals surface area contributed by atoms with Gasteiger partial charge in [0.15, 0.2) is 0 Å². The molecule has 1 amide bonds. The average Bonchev–Trinajstić information content (AvgIpc) is 3.30. The molecule has 2 aromatic heterocycles. The van der Waals surface area contributed by atoms with Crippen molar-refractivity contribution < 1.29 is 4.79 Å². The van der Waals surface area contributed by atoms with E-state index in [9.17, 15) is 9.59 Å². The zero-order valence-corrected chi connectivity index (χ0v) is 18.6. The lowest BCUT2D eigenvalue weighted by Crippen LogP contribution is -2.41. The van der Waals surface area contributed by atoms with Crippen LogP contribution in [-0.2, 0) is 4.79 Å². The first-order valence-electron chi connectivity index (χ1n) is 10.8. The SMILES string of the molecule is Cc1ccc(NC(=O)C2CCN(c3nc4ccsc4c(=O)n3-c3ccccc3)CC2)cc1. The first kappa shape index (κ1) is 20.5. The fourth-order valence-electron chi connectivity index (χ4n) is 4.15. The summed E-state index contributed by atoms with van der Waals surface area (Å²) in [5.74, 6) is 0.633. The molecule has 1 fully saturated rings. The number of piperidine rings is 1. The van der Waals surface area contributed by atoms with Crippen LogP contribution >= 0.6 is 11.3 Å². The number of thiophene rings is 1. The Morgan fingerprint density at radius 3 is 2.47 bits per heavy atom. The number of para-hydroxylation sites is 1. The number of hydrogen-bond acceptors (Lipinski definition) is 5. The van der Waals surface area contributed by atoms with E-state index in [4.69, 9.17) is 4.98 Å². The second-order valence-electron chi connectivity index (χ2n) is 8.14. The summed E-state index contributed by atoms with van der Waals surface area (Å²) >= 11 is 1.42. The first-order chi connectivity index (χ1) is 15.6. The molecular weight excluding hydrogens is 420 g/mol. The molecule has 1 N–H and O–H groups in total. The van der Waals surface area contributed by atoms with E-state index in [2.05, 4.69) is 10.2 Å². The van der Waals surface area contributed by atoms with E-state index in [0.717, 1.165) is 22.5 Å². The van der Waals surface area contributed by atoms with E-state index >= 15 is 0 Å². The zero-order chi connectivity index (χ0) is 22.1. The van der Waals surface area contributed by atoms with E-state index in [-0.39, 0.29) is 17.4 Å². The summed E-state index contributed by atoms with van der Waals surface area (Å²) in [6.07, 6.45) is 1.42. The molecule has 6 nitrogen and oxygen atoms in total. The molecule has 2 aromatic carbocycles.